The first-order valence-electron chi connectivity index (χ1n) is 5.14. The zero-order valence-electron chi connectivity index (χ0n) is 19.8. The number of pyridine rings is 2. The average molecular weight is 1410 g/mol. The Morgan fingerprint density at radius 2 is 0.688 bits per heavy atom. The summed E-state index contributed by atoms with van der Waals surface area (Å²) in [5, 5.41) is 44.1. The van der Waals surface area contributed by atoms with Gasteiger partial charge < -0.3 is 53.3 Å². The van der Waals surface area contributed by atoms with Crippen LogP contribution in [0.4, 0.5) is 0 Å². The van der Waals surface area contributed by atoms with Crippen LogP contribution in [-0.2, 0) is 0 Å². The van der Waals surface area contributed by atoms with Gasteiger partial charge in [-0.25, -0.2) is 0 Å². The van der Waals surface area contributed by atoms with Crippen molar-refractivity contribution in [3.05, 3.63) is 47.8 Å². The topological polar surface area (TPSA) is 298 Å². The van der Waals surface area contributed by atoms with Crippen molar-refractivity contribution in [1.82, 2.24) is 9.97 Å². The quantitative estimate of drug-likeness (QED) is 0.259. The number of rotatable bonds is 3. The summed E-state index contributed by atoms with van der Waals surface area (Å²) in [6.45, 7) is 0. The molecule has 142 valence electrons. The predicted molar refractivity (Wildman–Crippen MR) is 64.6 cm³/mol. The van der Waals surface area contributed by atoms with Gasteiger partial charge in [0.15, 0.2) is 0 Å². The van der Waals surface area contributed by atoms with Crippen LogP contribution < -0.4 is 572 Å². The van der Waals surface area contributed by atoms with E-state index >= 15 is 0 Å². The Hall–Kier alpha value is 14.3. The van der Waals surface area contributed by atoms with Gasteiger partial charge >= 0.3 is 551 Å². The summed E-state index contributed by atoms with van der Waals surface area (Å²) in [4.78, 5) is 7.75. The first kappa shape index (κ1) is 85.7. The molecular weight excluding hydrogens is 1400 g/mol. The monoisotopic (exact) mass is 1410 g/mol. The maximum atomic E-state index is 11.0. The Balaban J connectivity index is -0.0000000234. The molecule has 0 unspecified atom stereocenters. The van der Waals surface area contributed by atoms with Gasteiger partial charge in [0.1, 0.15) is 0 Å². The van der Waals surface area contributed by atoms with Gasteiger partial charge in [0.05, 0.1) is 11.4 Å². The van der Waals surface area contributed by atoms with Crippen molar-refractivity contribution in [3.63, 3.8) is 0 Å². The first-order valence-corrected chi connectivity index (χ1v) is 5.14. The minimum absolute atomic E-state index is 0. The molecule has 2 aromatic rings. The molecule has 20 heteroatoms. The van der Waals surface area contributed by atoms with Crippen molar-refractivity contribution in [2.24, 2.45) is 0 Å². The summed E-state index contributed by atoms with van der Waals surface area (Å²) in [5.41, 5.74) is -0.254. The average Bonchev–Trinajstić information content (AvgIpc) is 2.38. The maximum absolute atomic E-state index is 11.0. The molecule has 0 spiro atoms. The molecule has 6 N–H and O–H groups in total. The molecule has 0 aromatic carbocycles. The Morgan fingerprint density at radius 1 is 0.469 bits per heavy atom. The van der Waals surface area contributed by atoms with Crippen LogP contribution in [0.25, 0.3) is 11.4 Å². The van der Waals surface area contributed by atoms with Gasteiger partial charge in [0.25, 0.3) is 0 Å². The van der Waals surface area contributed by atoms with Crippen LogP contribution in [0.15, 0.2) is 36.7 Å². The van der Waals surface area contributed by atoms with Gasteiger partial charge in [-0.05, 0) is 12.1 Å². The molecule has 2 heterocycles. The molecule has 0 aliphatic carbocycles. The third-order valence-corrected chi connectivity index (χ3v) is 2.41. The third-order valence-electron chi connectivity index (χ3n) is 2.41. The molecule has 0 fully saturated rings. The first-order chi connectivity index (χ1) is 8.61. The van der Waals surface area contributed by atoms with E-state index < -0.39 is 12.6 Å². The van der Waals surface area contributed by atoms with Crippen molar-refractivity contribution in [3.8, 4) is 11.4 Å². The Kier molecular flexibility index (Phi) is 147. The molecule has 2 rings (SSSR count). The summed E-state index contributed by atoms with van der Waals surface area (Å²) in [6.07, 6.45) is -1.77. The van der Waals surface area contributed by atoms with Crippen molar-refractivity contribution in [1.29, 1.82) is 0 Å². The predicted octanol–water partition coefficient (Wildman–Crippen LogP) is -27.4. The van der Waals surface area contributed by atoms with Crippen molar-refractivity contribution >= 4 is 0 Å². The van der Waals surface area contributed by atoms with Gasteiger partial charge in [-0.3, -0.25) is 9.97 Å². The zero-order valence-corrected chi connectivity index (χ0v) is 70.1. The van der Waals surface area contributed by atoms with E-state index in [4.69, 9.17) is 0 Å². The van der Waals surface area contributed by atoms with E-state index in [0.29, 0.717) is 0 Å². The van der Waals surface area contributed by atoms with Crippen LogP contribution in [0.1, 0.15) is 23.7 Å². The van der Waals surface area contributed by atoms with E-state index in [1.54, 1.807) is 0 Å². The van der Waals surface area contributed by atoms with Gasteiger partial charge in [-0.15, -0.1) is 0 Å². The molecule has 0 atom stereocenters. The minimum atomic E-state index is -2.25. The number of hydrogen-bond acceptors (Lipinski definition) is 12. The zero-order chi connectivity index (χ0) is 13.1. The van der Waals surface area contributed by atoms with Crippen LogP contribution in [-0.4, -0.2) is 42.8 Å². The van der Waals surface area contributed by atoms with Crippen molar-refractivity contribution < 1.29 is 604 Å². The smallest absolute Gasteiger partial charge is 0.870 e. The SMILES string of the molecule is [Cs+].[Cs+].[Cs+].[Cs+].[Cs+].[Cs+].[Cs+].[Cs+].[O-]C([O-])c1cccnc1-c1ncccc1C([O-])[O-].[OH-].[OH-].[OH-].[OH-].[OH-].[OH-]. The fourth-order valence-electron chi connectivity index (χ4n) is 1.61. The summed E-state index contributed by atoms with van der Waals surface area (Å²) in [7, 11) is 0. The number of hydrogen-bond donors (Lipinski definition) is 0. The second-order valence-corrected chi connectivity index (χ2v) is 3.55. The normalized spacial score (nSPS) is 6.31. The fourth-order valence-corrected chi connectivity index (χ4v) is 1.61. The van der Waals surface area contributed by atoms with Gasteiger partial charge in [-0.2, -0.15) is 12.6 Å². The molecule has 0 amide bonds. The van der Waals surface area contributed by atoms with E-state index in [2.05, 4.69) is 9.97 Å². The van der Waals surface area contributed by atoms with Gasteiger partial charge in [0, 0.05) is 12.4 Å². The summed E-state index contributed by atoms with van der Waals surface area (Å²) < 4.78 is 0. The second-order valence-electron chi connectivity index (χ2n) is 3.55. The largest absolute Gasteiger partial charge is 1.00 e. The van der Waals surface area contributed by atoms with E-state index in [0.717, 1.165) is 0 Å². The van der Waals surface area contributed by atoms with Crippen LogP contribution in [0.3, 0.4) is 0 Å². The van der Waals surface area contributed by atoms with Crippen LogP contribution >= 0.6 is 0 Å². The standard InChI is InChI=1S/C12H8N2O4.8Cs.6H2O/c15-11(16)7-3-1-5-13-9(7)10-8(12(17)18)4-2-6-14-10;;;;;;;;;;;;;;/h1-6,11-12H;;;;;;;;;6*1H2/q-4;8*+1;;;;;;/p-6. The van der Waals surface area contributed by atoms with Crippen LogP contribution in [0.2, 0.25) is 0 Å². The van der Waals surface area contributed by atoms with Crippen molar-refractivity contribution in [2.45, 2.75) is 12.6 Å². The molecule has 0 radical (unpaired) electrons. The molecule has 0 saturated carbocycles. The second kappa shape index (κ2) is 54.8. The minimum Gasteiger partial charge on any atom is -0.870 e. The molecule has 2 aromatic heterocycles. The Bertz CT molecular complexity index is 529. The van der Waals surface area contributed by atoms with E-state index in [-0.39, 0.29) is 607 Å². The van der Waals surface area contributed by atoms with Gasteiger partial charge in [-0.1, -0.05) is 23.3 Å². The Labute approximate surface area is 658 Å². The van der Waals surface area contributed by atoms with E-state index in [9.17, 15) is 20.4 Å². The van der Waals surface area contributed by atoms with E-state index in [1.165, 1.54) is 36.7 Å². The molecule has 0 saturated heterocycles. The summed E-state index contributed by atoms with van der Waals surface area (Å²) in [5.74, 6) is 0. The number of aromatic nitrogens is 2. The molecule has 12 nitrogen and oxygen atoms in total. The van der Waals surface area contributed by atoms with Crippen molar-refractivity contribution in [2.75, 3.05) is 0 Å². The van der Waals surface area contributed by atoms with Crippen LogP contribution in [0.5, 0.6) is 0 Å². The third kappa shape index (κ3) is 35.6. The fraction of sp³-hybridized carbons (Fsp3) is 0.167. The summed E-state index contributed by atoms with van der Waals surface area (Å²) >= 11 is 0. The van der Waals surface area contributed by atoms with Crippen LogP contribution in [0, 0.1) is 0 Å². The maximum Gasteiger partial charge on any atom is 1.00 e. The molecule has 0 aliphatic heterocycles. The molecule has 0 bridgehead atoms. The van der Waals surface area contributed by atoms with E-state index in [1.807, 2.05) is 0 Å². The molecule has 0 aliphatic rings. The Morgan fingerprint density at radius 3 is 0.875 bits per heavy atom. The number of nitrogens with zero attached hydrogens (tertiary/aromatic N) is 2. The molecule has 32 heavy (non-hydrogen) atoms. The summed E-state index contributed by atoms with van der Waals surface area (Å²) in [6, 6.07) is 5.51. The molecular formula is C12H14Cs8N2O10-2. The van der Waals surface area contributed by atoms with Gasteiger partial charge in [0.2, 0.25) is 0 Å².